The van der Waals surface area contributed by atoms with Crippen LogP contribution in [0, 0.1) is 5.92 Å². The average molecular weight is 141 g/mol. The van der Waals surface area contributed by atoms with Gasteiger partial charge < -0.3 is 5.32 Å². The summed E-state index contributed by atoms with van der Waals surface area (Å²) in [6.07, 6.45) is 2.56. The first-order chi connectivity index (χ1) is 4.63. The Morgan fingerprint density at radius 1 is 1.50 bits per heavy atom. The molecule has 0 aromatic carbocycles. The van der Waals surface area contributed by atoms with Crippen LogP contribution in [0.1, 0.15) is 33.6 Å². The summed E-state index contributed by atoms with van der Waals surface area (Å²) in [5.74, 6) is 0.826. The van der Waals surface area contributed by atoms with Gasteiger partial charge in [0.2, 0.25) is 0 Å². The van der Waals surface area contributed by atoms with Crippen molar-refractivity contribution in [1.29, 1.82) is 0 Å². The Labute approximate surface area is 64.5 Å². The van der Waals surface area contributed by atoms with Crippen LogP contribution in [-0.2, 0) is 0 Å². The minimum atomic E-state index is 0.826. The third kappa shape index (κ3) is 7.54. The van der Waals surface area contributed by atoms with Gasteiger partial charge in [-0.05, 0) is 25.7 Å². The van der Waals surface area contributed by atoms with E-state index in [1.54, 1.807) is 0 Å². The second kappa shape index (κ2) is 5.33. The van der Waals surface area contributed by atoms with E-state index in [-0.39, 0.29) is 0 Å². The maximum Gasteiger partial charge on any atom is 0.0143 e. The fourth-order valence-electron chi connectivity index (χ4n) is 0.812. The van der Waals surface area contributed by atoms with E-state index < -0.39 is 0 Å². The molecule has 0 aliphatic carbocycles. The molecule has 1 N–H and O–H groups in total. The zero-order chi connectivity index (χ0) is 7.98. The number of hydrogen-bond acceptors (Lipinski definition) is 1. The Hall–Kier alpha value is -0.460. The standard InChI is InChI=1S/C9H19N/c1-8(2)6-5-7-10-9(3)4/h8,10H,3,5-7H2,1-2,4H3. The normalized spacial score (nSPS) is 10.0. The molecule has 0 spiro atoms. The Morgan fingerprint density at radius 3 is 2.50 bits per heavy atom. The van der Waals surface area contributed by atoms with Gasteiger partial charge in [0.05, 0.1) is 0 Å². The van der Waals surface area contributed by atoms with Gasteiger partial charge >= 0.3 is 0 Å². The van der Waals surface area contributed by atoms with Gasteiger partial charge in [0, 0.05) is 12.2 Å². The molecule has 0 aliphatic rings. The molecule has 0 rings (SSSR count). The second-order valence-corrected chi connectivity index (χ2v) is 3.24. The number of allylic oxidation sites excluding steroid dienone is 1. The van der Waals surface area contributed by atoms with Crippen molar-refractivity contribution < 1.29 is 0 Å². The first kappa shape index (κ1) is 9.54. The lowest BCUT2D eigenvalue weighted by atomic mass is 10.1. The van der Waals surface area contributed by atoms with Gasteiger partial charge in [-0.1, -0.05) is 20.4 Å². The predicted molar refractivity (Wildman–Crippen MR) is 46.9 cm³/mol. The molecule has 0 fully saturated rings. The highest BCUT2D eigenvalue weighted by Crippen LogP contribution is 2.01. The summed E-state index contributed by atoms with van der Waals surface area (Å²) in [4.78, 5) is 0. The van der Waals surface area contributed by atoms with Crippen LogP contribution in [0.25, 0.3) is 0 Å². The number of hydrogen-bond donors (Lipinski definition) is 1. The molecule has 1 nitrogen and oxygen atoms in total. The van der Waals surface area contributed by atoms with E-state index in [2.05, 4.69) is 25.7 Å². The molecule has 60 valence electrons. The molecule has 0 saturated heterocycles. The smallest absolute Gasteiger partial charge is 0.0143 e. The molecule has 0 unspecified atom stereocenters. The summed E-state index contributed by atoms with van der Waals surface area (Å²) in [6, 6.07) is 0. The maximum atomic E-state index is 3.76. The molecule has 0 radical (unpaired) electrons. The molecule has 0 aromatic rings. The van der Waals surface area contributed by atoms with Crippen LogP contribution in [0.3, 0.4) is 0 Å². The Bertz CT molecular complexity index is 94.9. The monoisotopic (exact) mass is 141 g/mol. The second-order valence-electron chi connectivity index (χ2n) is 3.24. The van der Waals surface area contributed by atoms with E-state index in [9.17, 15) is 0 Å². The van der Waals surface area contributed by atoms with Crippen molar-refractivity contribution in [3.05, 3.63) is 12.3 Å². The minimum Gasteiger partial charge on any atom is -0.389 e. The van der Waals surface area contributed by atoms with E-state index in [0.29, 0.717) is 0 Å². The first-order valence-electron chi connectivity index (χ1n) is 4.02. The largest absolute Gasteiger partial charge is 0.389 e. The van der Waals surface area contributed by atoms with Gasteiger partial charge in [-0.3, -0.25) is 0 Å². The lowest BCUT2D eigenvalue weighted by Crippen LogP contribution is -2.11. The third-order valence-corrected chi connectivity index (χ3v) is 1.39. The highest BCUT2D eigenvalue weighted by atomic mass is 14.9. The SMILES string of the molecule is C=C(C)NCCCC(C)C. The third-order valence-electron chi connectivity index (χ3n) is 1.39. The molecule has 0 saturated carbocycles. The van der Waals surface area contributed by atoms with E-state index >= 15 is 0 Å². The topological polar surface area (TPSA) is 12.0 Å². The molecular formula is C9H19N. The summed E-state index contributed by atoms with van der Waals surface area (Å²) in [6.45, 7) is 11.3. The molecule has 0 aliphatic heterocycles. The Kier molecular flexibility index (Phi) is 5.09. The van der Waals surface area contributed by atoms with Gasteiger partial charge in [0.15, 0.2) is 0 Å². The summed E-state index contributed by atoms with van der Waals surface area (Å²) in [7, 11) is 0. The average Bonchev–Trinajstić information content (AvgIpc) is 1.79. The highest BCUT2D eigenvalue weighted by Gasteiger charge is 1.92. The van der Waals surface area contributed by atoms with Gasteiger partial charge in [-0.15, -0.1) is 0 Å². The van der Waals surface area contributed by atoms with Gasteiger partial charge in [0.25, 0.3) is 0 Å². The summed E-state index contributed by atoms with van der Waals surface area (Å²) < 4.78 is 0. The lowest BCUT2D eigenvalue weighted by Gasteiger charge is -2.06. The molecule has 0 amide bonds. The number of rotatable bonds is 5. The van der Waals surface area contributed by atoms with Crippen LogP contribution in [-0.4, -0.2) is 6.54 Å². The van der Waals surface area contributed by atoms with E-state index in [1.165, 1.54) is 12.8 Å². The zero-order valence-corrected chi connectivity index (χ0v) is 7.41. The van der Waals surface area contributed by atoms with Crippen molar-refractivity contribution in [1.82, 2.24) is 5.32 Å². The van der Waals surface area contributed by atoms with Crippen molar-refractivity contribution in [2.45, 2.75) is 33.6 Å². The van der Waals surface area contributed by atoms with Crippen LogP contribution < -0.4 is 5.32 Å². The van der Waals surface area contributed by atoms with E-state index in [1.807, 2.05) is 6.92 Å². The summed E-state index contributed by atoms with van der Waals surface area (Å²) in [5, 5.41) is 3.21. The van der Waals surface area contributed by atoms with Crippen LogP contribution in [0.5, 0.6) is 0 Å². The first-order valence-corrected chi connectivity index (χ1v) is 4.02. The van der Waals surface area contributed by atoms with E-state index in [4.69, 9.17) is 0 Å². The molecule has 10 heavy (non-hydrogen) atoms. The van der Waals surface area contributed by atoms with Crippen LogP contribution in [0.15, 0.2) is 12.3 Å². The van der Waals surface area contributed by atoms with Crippen molar-refractivity contribution in [2.75, 3.05) is 6.54 Å². The molecule has 0 bridgehead atoms. The van der Waals surface area contributed by atoms with Crippen LogP contribution in [0.4, 0.5) is 0 Å². The van der Waals surface area contributed by atoms with Crippen molar-refractivity contribution in [3.8, 4) is 0 Å². The van der Waals surface area contributed by atoms with Crippen molar-refractivity contribution in [3.63, 3.8) is 0 Å². The van der Waals surface area contributed by atoms with Gasteiger partial charge in [0.1, 0.15) is 0 Å². The van der Waals surface area contributed by atoms with Crippen molar-refractivity contribution >= 4 is 0 Å². The Morgan fingerprint density at radius 2 is 2.10 bits per heavy atom. The Balaban J connectivity index is 2.98. The quantitative estimate of drug-likeness (QED) is 0.580. The number of nitrogens with one attached hydrogen (secondary N) is 1. The maximum absolute atomic E-state index is 3.76. The fraction of sp³-hybridized carbons (Fsp3) is 0.778. The van der Waals surface area contributed by atoms with E-state index in [0.717, 1.165) is 18.2 Å². The predicted octanol–water partition coefficient (Wildman–Crippen LogP) is 2.55. The van der Waals surface area contributed by atoms with Crippen LogP contribution >= 0.6 is 0 Å². The molecule has 0 atom stereocenters. The molecule has 0 heterocycles. The minimum absolute atomic E-state index is 0.826. The highest BCUT2D eigenvalue weighted by molar-refractivity contribution is 4.83. The summed E-state index contributed by atoms with van der Waals surface area (Å²) >= 11 is 0. The van der Waals surface area contributed by atoms with Gasteiger partial charge in [-0.25, -0.2) is 0 Å². The lowest BCUT2D eigenvalue weighted by molar-refractivity contribution is 0.543. The summed E-state index contributed by atoms with van der Waals surface area (Å²) in [5.41, 5.74) is 1.07. The molecule has 1 heteroatoms. The molecular weight excluding hydrogens is 122 g/mol. The fourth-order valence-corrected chi connectivity index (χ4v) is 0.812. The van der Waals surface area contributed by atoms with Crippen molar-refractivity contribution in [2.24, 2.45) is 5.92 Å². The zero-order valence-electron chi connectivity index (χ0n) is 7.41. The molecule has 0 aromatic heterocycles. The van der Waals surface area contributed by atoms with Gasteiger partial charge in [-0.2, -0.15) is 0 Å². The van der Waals surface area contributed by atoms with Crippen LogP contribution in [0.2, 0.25) is 0 Å².